The van der Waals surface area contributed by atoms with Crippen LogP contribution < -0.4 is 5.32 Å². The number of carbonyl (C=O) groups is 1. The fourth-order valence-electron chi connectivity index (χ4n) is 1.99. The fraction of sp³-hybridized carbons (Fsp3) is 0. The molecular weight excluding hydrogens is 432 g/mol. The lowest BCUT2D eigenvalue weighted by Crippen LogP contribution is -2.10. The topological polar surface area (TPSA) is 42.2 Å². The number of halogens is 3. The van der Waals surface area contributed by atoms with Gasteiger partial charge in [0.2, 0.25) is 0 Å². The second-order valence-electron chi connectivity index (χ2n) is 4.75. The third-order valence-electron chi connectivity index (χ3n) is 3.14. The van der Waals surface area contributed by atoms with Crippen LogP contribution >= 0.6 is 34.2 Å². The predicted molar refractivity (Wildman–Crippen MR) is 96.2 cm³/mol. The van der Waals surface area contributed by atoms with Crippen molar-refractivity contribution in [3.63, 3.8) is 0 Å². The number of carbonyl (C=O) groups excluding carboxylic acids is 1. The molecule has 3 rings (SSSR count). The maximum atomic E-state index is 13.2. The Bertz CT molecular complexity index is 861. The van der Waals surface area contributed by atoms with E-state index in [2.05, 4.69) is 27.9 Å². The van der Waals surface area contributed by atoms with Crippen LogP contribution in [0.3, 0.4) is 0 Å². The monoisotopic (exact) mass is 441 g/mol. The van der Waals surface area contributed by atoms with Gasteiger partial charge in [0.1, 0.15) is 11.6 Å². The van der Waals surface area contributed by atoms with Gasteiger partial charge in [0.25, 0.3) is 5.91 Å². The third kappa shape index (κ3) is 3.73. The Morgan fingerprint density at radius 1 is 1.09 bits per heavy atom. The molecule has 116 valence electrons. The van der Waals surface area contributed by atoms with Gasteiger partial charge in [-0.25, -0.2) is 4.39 Å². The zero-order valence-electron chi connectivity index (χ0n) is 11.6. The summed E-state index contributed by atoms with van der Waals surface area (Å²) in [6.07, 6.45) is 0. The van der Waals surface area contributed by atoms with Gasteiger partial charge >= 0.3 is 0 Å². The molecular formula is C17H10ClFINO2. The van der Waals surface area contributed by atoms with Gasteiger partial charge in [0.15, 0.2) is 5.76 Å². The van der Waals surface area contributed by atoms with Gasteiger partial charge in [0.05, 0.1) is 5.02 Å². The number of anilines is 1. The highest BCUT2D eigenvalue weighted by atomic mass is 127. The van der Waals surface area contributed by atoms with Gasteiger partial charge in [-0.05, 0) is 77.2 Å². The van der Waals surface area contributed by atoms with Crippen LogP contribution in [0.2, 0.25) is 5.02 Å². The molecule has 0 aliphatic rings. The summed E-state index contributed by atoms with van der Waals surface area (Å²) in [6, 6.07) is 14.9. The molecule has 0 radical (unpaired) electrons. The van der Waals surface area contributed by atoms with Crippen LogP contribution in [0.15, 0.2) is 59.0 Å². The summed E-state index contributed by atoms with van der Waals surface area (Å²) < 4.78 is 19.8. The van der Waals surface area contributed by atoms with E-state index < -0.39 is 5.82 Å². The van der Waals surface area contributed by atoms with Crippen molar-refractivity contribution in [3.8, 4) is 11.3 Å². The minimum Gasteiger partial charge on any atom is -0.451 e. The van der Waals surface area contributed by atoms with E-state index in [1.165, 1.54) is 12.1 Å². The average Bonchev–Trinajstić information content (AvgIpc) is 3.02. The lowest BCUT2D eigenvalue weighted by Gasteiger charge is -2.03. The SMILES string of the molecule is O=C(Nc1ccc(I)cc1)c1ccc(-c2ccc(F)c(Cl)c2)o1. The summed E-state index contributed by atoms with van der Waals surface area (Å²) in [5.74, 6) is -0.247. The van der Waals surface area contributed by atoms with Crippen molar-refractivity contribution in [1.82, 2.24) is 0 Å². The van der Waals surface area contributed by atoms with E-state index in [0.717, 1.165) is 3.57 Å². The predicted octanol–water partition coefficient (Wildman–Crippen LogP) is 5.60. The van der Waals surface area contributed by atoms with Crippen LogP contribution in [-0.2, 0) is 0 Å². The zero-order chi connectivity index (χ0) is 16.4. The Kier molecular flexibility index (Phi) is 4.68. The molecule has 0 aliphatic carbocycles. The van der Waals surface area contributed by atoms with Gasteiger partial charge in [-0.2, -0.15) is 0 Å². The molecule has 0 saturated heterocycles. The minimum absolute atomic E-state index is 0.00351. The van der Waals surface area contributed by atoms with E-state index in [-0.39, 0.29) is 16.7 Å². The van der Waals surface area contributed by atoms with Crippen molar-refractivity contribution < 1.29 is 13.6 Å². The standard InChI is InChI=1S/C17H10ClFINO2/c18-13-9-10(1-6-14(13)19)15-7-8-16(23-15)17(22)21-12-4-2-11(20)3-5-12/h1-9H,(H,21,22). The molecule has 0 aliphatic heterocycles. The van der Waals surface area contributed by atoms with Gasteiger partial charge in [0, 0.05) is 14.8 Å². The maximum absolute atomic E-state index is 13.2. The largest absolute Gasteiger partial charge is 0.451 e. The second kappa shape index (κ2) is 6.72. The molecule has 23 heavy (non-hydrogen) atoms. The Morgan fingerprint density at radius 3 is 2.52 bits per heavy atom. The molecule has 1 aromatic heterocycles. The Balaban J connectivity index is 1.79. The summed E-state index contributed by atoms with van der Waals surface area (Å²) in [6.45, 7) is 0. The van der Waals surface area contributed by atoms with Crippen molar-refractivity contribution in [2.45, 2.75) is 0 Å². The van der Waals surface area contributed by atoms with Crippen molar-refractivity contribution in [2.75, 3.05) is 5.32 Å². The number of nitrogens with one attached hydrogen (secondary N) is 1. The number of amides is 1. The van der Waals surface area contributed by atoms with E-state index in [4.69, 9.17) is 16.0 Å². The minimum atomic E-state index is -0.501. The molecule has 0 bridgehead atoms. The van der Waals surface area contributed by atoms with E-state index in [1.807, 2.05) is 24.3 Å². The molecule has 0 saturated carbocycles. The van der Waals surface area contributed by atoms with Gasteiger partial charge in [-0.3, -0.25) is 4.79 Å². The van der Waals surface area contributed by atoms with E-state index in [9.17, 15) is 9.18 Å². The number of furan rings is 1. The molecule has 0 spiro atoms. The van der Waals surface area contributed by atoms with Crippen LogP contribution in [0.25, 0.3) is 11.3 Å². The molecule has 1 heterocycles. The molecule has 0 fully saturated rings. The van der Waals surface area contributed by atoms with Crippen LogP contribution in [-0.4, -0.2) is 5.91 Å². The summed E-state index contributed by atoms with van der Waals surface area (Å²) in [7, 11) is 0. The van der Waals surface area contributed by atoms with E-state index in [0.29, 0.717) is 17.0 Å². The maximum Gasteiger partial charge on any atom is 0.291 e. The van der Waals surface area contributed by atoms with Crippen LogP contribution in [0.1, 0.15) is 10.6 Å². The van der Waals surface area contributed by atoms with E-state index >= 15 is 0 Å². The first-order valence-corrected chi connectivity index (χ1v) is 8.11. The Hall–Kier alpha value is -1.86. The second-order valence-corrected chi connectivity index (χ2v) is 6.41. The number of benzene rings is 2. The highest BCUT2D eigenvalue weighted by Gasteiger charge is 2.13. The van der Waals surface area contributed by atoms with Crippen LogP contribution in [0.4, 0.5) is 10.1 Å². The molecule has 1 amide bonds. The molecule has 2 aromatic carbocycles. The van der Waals surface area contributed by atoms with Gasteiger partial charge < -0.3 is 9.73 Å². The lowest BCUT2D eigenvalue weighted by molar-refractivity contribution is 0.0997. The first-order valence-electron chi connectivity index (χ1n) is 6.65. The molecule has 1 N–H and O–H groups in total. The van der Waals surface area contributed by atoms with E-state index in [1.54, 1.807) is 18.2 Å². The Morgan fingerprint density at radius 2 is 1.83 bits per heavy atom. The molecule has 3 aromatic rings. The van der Waals surface area contributed by atoms with Crippen molar-refractivity contribution >= 4 is 45.8 Å². The highest BCUT2D eigenvalue weighted by Crippen LogP contribution is 2.27. The van der Waals surface area contributed by atoms with Gasteiger partial charge in [-0.15, -0.1) is 0 Å². The first-order chi connectivity index (χ1) is 11.0. The number of rotatable bonds is 3. The summed E-state index contributed by atoms with van der Waals surface area (Å²) >= 11 is 7.94. The molecule has 6 heteroatoms. The molecule has 0 unspecified atom stereocenters. The quantitative estimate of drug-likeness (QED) is 0.538. The summed E-state index contributed by atoms with van der Waals surface area (Å²) in [5, 5.41) is 2.75. The van der Waals surface area contributed by atoms with Crippen molar-refractivity contribution in [1.29, 1.82) is 0 Å². The number of hydrogen-bond donors (Lipinski definition) is 1. The zero-order valence-corrected chi connectivity index (χ0v) is 14.6. The van der Waals surface area contributed by atoms with Crippen LogP contribution in [0, 0.1) is 9.39 Å². The van der Waals surface area contributed by atoms with Crippen molar-refractivity contribution in [3.05, 3.63) is 74.8 Å². The molecule has 3 nitrogen and oxygen atoms in total. The normalized spacial score (nSPS) is 10.6. The first kappa shape index (κ1) is 16.0. The average molecular weight is 442 g/mol. The van der Waals surface area contributed by atoms with Gasteiger partial charge in [-0.1, -0.05) is 11.6 Å². The Labute approximate surface area is 150 Å². The van der Waals surface area contributed by atoms with Crippen LogP contribution in [0.5, 0.6) is 0 Å². The van der Waals surface area contributed by atoms with Crippen molar-refractivity contribution in [2.24, 2.45) is 0 Å². The molecule has 0 atom stereocenters. The summed E-state index contributed by atoms with van der Waals surface area (Å²) in [4.78, 5) is 12.2. The lowest BCUT2D eigenvalue weighted by atomic mass is 10.2. The smallest absolute Gasteiger partial charge is 0.291 e. The summed E-state index contributed by atoms with van der Waals surface area (Å²) in [5.41, 5.74) is 1.28. The fourth-order valence-corrected chi connectivity index (χ4v) is 2.53. The number of hydrogen-bond acceptors (Lipinski definition) is 2. The third-order valence-corrected chi connectivity index (χ3v) is 4.14. The highest BCUT2D eigenvalue weighted by molar-refractivity contribution is 14.1.